The highest BCUT2D eigenvalue weighted by molar-refractivity contribution is 6.04. The predicted molar refractivity (Wildman–Crippen MR) is 166 cm³/mol. The molecule has 2 heterocycles. The SMILES string of the molecule is COc1ccc([C@@H]2CC(c3ccc(C)c(C)c3)=NN2C(=O)CN(CCN2CCOCC2)C(=O)c2cccc(F)c2)cc1OC. The Hall–Kier alpha value is -4.28. The van der Waals surface area contributed by atoms with E-state index in [9.17, 15) is 14.0 Å². The fourth-order valence-corrected chi connectivity index (χ4v) is 5.53. The molecule has 0 N–H and O–H groups in total. The van der Waals surface area contributed by atoms with Crippen molar-refractivity contribution in [2.24, 2.45) is 5.10 Å². The zero-order valence-electron chi connectivity index (χ0n) is 25.7. The summed E-state index contributed by atoms with van der Waals surface area (Å²) in [6.07, 6.45) is 0.481. The number of aryl methyl sites for hydroxylation is 2. The Labute approximate surface area is 257 Å². The number of hydrogen-bond donors (Lipinski definition) is 0. The first-order valence-electron chi connectivity index (χ1n) is 14.8. The smallest absolute Gasteiger partial charge is 0.262 e. The highest BCUT2D eigenvalue weighted by atomic mass is 19.1. The molecule has 0 unspecified atom stereocenters. The predicted octanol–water partition coefficient (Wildman–Crippen LogP) is 4.61. The molecule has 232 valence electrons. The van der Waals surface area contributed by atoms with Gasteiger partial charge in [0.25, 0.3) is 11.8 Å². The molecule has 3 aromatic carbocycles. The van der Waals surface area contributed by atoms with E-state index in [1.807, 2.05) is 37.3 Å². The molecular weight excluding hydrogens is 563 g/mol. The maximum absolute atomic E-state index is 14.1. The molecule has 1 saturated heterocycles. The van der Waals surface area contributed by atoms with Crippen molar-refractivity contribution in [1.29, 1.82) is 0 Å². The molecule has 0 aliphatic carbocycles. The van der Waals surface area contributed by atoms with Gasteiger partial charge in [0.1, 0.15) is 12.4 Å². The number of carbonyl (C=O) groups excluding carboxylic acids is 2. The van der Waals surface area contributed by atoms with Crippen molar-refractivity contribution in [2.45, 2.75) is 26.3 Å². The van der Waals surface area contributed by atoms with Crippen LogP contribution >= 0.6 is 0 Å². The summed E-state index contributed by atoms with van der Waals surface area (Å²) in [7, 11) is 3.14. The number of nitrogens with zero attached hydrogens (tertiary/aromatic N) is 4. The van der Waals surface area contributed by atoms with Crippen LogP contribution in [0.3, 0.4) is 0 Å². The number of benzene rings is 3. The van der Waals surface area contributed by atoms with E-state index in [0.29, 0.717) is 44.2 Å². The number of hydrogen-bond acceptors (Lipinski definition) is 7. The fourth-order valence-electron chi connectivity index (χ4n) is 5.53. The summed E-state index contributed by atoms with van der Waals surface area (Å²) in [5, 5.41) is 6.32. The van der Waals surface area contributed by atoms with Crippen LogP contribution in [-0.2, 0) is 9.53 Å². The molecule has 0 saturated carbocycles. The molecule has 3 aromatic rings. The molecule has 5 rings (SSSR count). The lowest BCUT2D eigenvalue weighted by atomic mass is 9.96. The third kappa shape index (κ3) is 7.09. The second-order valence-corrected chi connectivity index (χ2v) is 11.1. The number of halogens is 1. The van der Waals surface area contributed by atoms with Crippen LogP contribution in [0.25, 0.3) is 0 Å². The van der Waals surface area contributed by atoms with Gasteiger partial charge < -0.3 is 19.1 Å². The van der Waals surface area contributed by atoms with E-state index in [1.54, 1.807) is 20.3 Å². The summed E-state index contributed by atoms with van der Waals surface area (Å²) in [5.74, 6) is -0.129. The first kappa shape index (κ1) is 31.2. The topological polar surface area (TPSA) is 83.9 Å². The van der Waals surface area contributed by atoms with Gasteiger partial charge in [-0.25, -0.2) is 9.40 Å². The summed E-state index contributed by atoms with van der Waals surface area (Å²) in [6, 6.07) is 16.8. The lowest BCUT2D eigenvalue weighted by Gasteiger charge is -2.31. The number of ether oxygens (including phenoxy) is 3. The maximum atomic E-state index is 14.1. The maximum Gasteiger partial charge on any atom is 0.262 e. The number of hydrazone groups is 1. The van der Waals surface area contributed by atoms with Gasteiger partial charge in [0.15, 0.2) is 11.5 Å². The normalized spacial score (nSPS) is 16.9. The van der Waals surface area contributed by atoms with Crippen molar-refractivity contribution in [1.82, 2.24) is 14.8 Å². The minimum Gasteiger partial charge on any atom is -0.493 e. The van der Waals surface area contributed by atoms with E-state index in [4.69, 9.17) is 19.3 Å². The first-order valence-corrected chi connectivity index (χ1v) is 14.8. The Morgan fingerprint density at radius 2 is 1.75 bits per heavy atom. The molecule has 1 fully saturated rings. The molecule has 2 aliphatic heterocycles. The zero-order chi connectivity index (χ0) is 31.2. The van der Waals surface area contributed by atoms with Crippen molar-refractivity contribution in [2.75, 3.05) is 60.2 Å². The molecule has 2 amide bonds. The Bertz CT molecular complexity index is 1540. The lowest BCUT2D eigenvalue weighted by molar-refractivity contribution is -0.133. The van der Waals surface area contributed by atoms with Crippen LogP contribution in [0, 0.1) is 19.7 Å². The number of morpholine rings is 1. The van der Waals surface area contributed by atoms with Gasteiger partial charge in [-0.05, 0) is 72.5 Å². The standard InChI is InChI=1S/C34H39FN4O5/c1-23-8-9-25(18-24(23)2)29-21-30(26-10-11-31(42-3)32(20-26)43-4)39(36-29)33(40)22-38(13-12-37-14-16-44-17-15-37)34(41)27-6-5-7-28(35)19-27/h5-11,18-20,30H,12-17,21-22H2,1-4H3/t30-/m0/s1. The van der Waals surface area contributed by atoms with Crippen molar-refractivity contribution >= 4 is 17.5 Å². The van der Waals surface area contributed by atoms with Gasteiger partial charge in [0.05, 0.1) is 39.2 Å². The summed E-state index contributed by atoms with van der Waals surface area (Å²) < 4.78 is 30.5. The van der Waals surface area contributed by atoms with Crippen LogP contribution in [0.2, 0.25) is 0 Å². The Morgan fingerprint density at radius 1 is 0.977 bits per heavy atom. The largest absolute Gasteiger partial charge is 0.493 e. The Balaban J connectivity index is 1.46. The molecule has 10 heteroatoms. The number of methoxy groups -OCH3 is 2. The van der Waals surface area contributed by atoms with Crippen LogP contribution in [0.1, 0.15) is 45.1 Å². The number of rotatable bonds is 10. The van der Waals surface area contributed by atoms with Gasteiger partial charge in [-0.1, -0.05) is 24.3 Å². The highest BCUT2D eigenvalue weighted by Gasteiger charge is 2.35. The van der Waals surface area contributed by atoms with Crippen LogP contribution in [-0.4, -0.2) is 92.5 Å². The quantitative estimate of drug-likeness (QED) is 0.337. The van der Waals surface area contributed by atoms with Crippen LogP contribution in [0.15, 0.2) is 65.8 Å². The minimum absolute atomic E-state index is 0.192. The Morgan fingerprint density at radius 3 is 2.45 bits per heavy atom. The van der Waals surface area contributed by atoms with E-state index in [0.717, 1.165) is 35.5 Å². The van der Waals surface area contributed by atoms with Gasteiger partial charge in [0, 0.05) is 38.2 Å². The summed E-state index contributed by atoms with van der Waals surface area (Å²) in [4.78, 5) is 31.5. The molecule has 0 bridgehead atoms. The van der Waals surface area contributed by atoms with Crippen LogP contribution in [0.4, 0.5) is 4.39 Å². The Kier molecular flexibility index (Phi) is 9.92. The summed E-state index contributed by atoms with van der Waals surface area (Å²) in [5.41, 5.74) is 5.04. The zero-order valence-corrected chi connectivity index (χ0v) is 25.7. The molecular formula is C34H39FN4O5. The molecule has 44 heavy (non-hydrogen) atoms. The molecule has 0 radical (unpaired) electrons. The average Bonchev–Trinajstić information content (AvgIpc) is 3.50. The third-order valence-electron chi connectivity index (χ3n) is 8.27. The second-order valence-electron chi connectivity index (χ2n) is 11.1. The molecule has 1 atom stereocenters. The van der Waals surface area contributed by atoms with Gasteiger partial charge in [-0.15, -0.1) is 0 Å². The highest BCUT2D eigenvalue weighted by Crippen LogP contribution is 2.37. The molecule has 9 nitrogen and oxygen atoms in total. The van der Waals surface area contributed by atoms with E-state index in [-0.39, 0.29) is 18.0 Å². The van der Waals surface area contributed by atoms with Gasteiger partial charge in [-0.2, -0.15) is 5.10 Å². The van der Waals surface area contributed by atoms with Crippen molar-refractivity contribution < 1.29 is 28.2 Å². The number of amides is 2. The summed E-state index contributed by atoms with van der Waals surface area (Å²) in [6.45, 7) is 7.47. The van der Waals surface area contributed by atoms with E-state index < -0.39 is 17.8 Å². The van der Waals surface area contributed by atoms with Gasteiger partial charge in [0.2, 0.25) is 0 Å². The van der Waals surface area contributed by atoms with Crippen molar-refractivity contribution in [3.8, 4) is 11.5 Å². The third-order valence-corrected chi connectivity index (χ3v) is 8.27. The van der Waals surface area contributed by atoms with Gasteiger partial charge >= 0.3 is 0 Å². The van der Waals surface area contributed by atoms with Gasteiger partial charge in [-0.3, -0.25) is 14.5 Å². The lowest BCUT2D eigenvalue weighted by Crippen LogP contribution is -2.46. The second kappa shape index (κ2) is 14.0. The fraction of sp³-hybridized carbons (Fsp3) is 0.382. The molecule has 2 aliphatic rings. The van der Waals surface area contributed by atoms with E-state index >= 15 is 0 Å². The molecule has 0 aromatic heterocycles. The summed E-state index contributed by atoms with van der Waals surface area (Å²) >= 11 is 0. The van der Waals surface area contributed by atoms with Crippen molar-refractivity contribution in [3.05, 3.63) is 94.3 Å². The minimum atomic E-state index is -0.508. The van der Waals surface area contributed by atoms with E-state index in [1.165, 1.54) is 33.7 Å². The molecule has 0 spiro atoms. The van der Waals surface area contributed by atoms with E-state index in [2.05, 4.69) is 17.9 Å². The number of carbonyl (C=O) groups is 2. The monoisotopic (exact) mass is 602 g/mol. The average molecular weight is 603 g/mol. The van der Waals surface area contributed by atoms with Crippen molar-refractivity contribution in [3.63, 3.8) is 0 Å². The van der Waals surface area contributed by atoms with Crippen LogP contribution < -0.4 is 9.47 Å². The first-order chi connectivity index (χ1) is 21.3. The van der Waals surface area contributed by atoms with Crippen LogP contribution in [0.5, 0.6) is 11.5 Å².